The average molecular weight is 716 g/mol. The lowest BCUT2D eigenvalue weighted by atomic mass is 9.43. The van der Waals surface area contributed by atoms with Crippen LogP contribution in [0.5, 0.6) is 5.75 Å². The molecular weight excluding hydrogens is 668 g/mol. The van der Waals surface area contributed by atoms with Gasteiger partial charge in [-0.3, -0.25) is 19.4 Å². The van der Waals surface area contributed by atoms with Crippen molar-refractivity contribution in [2.24, 2.45) is 17.3 Å². The molecule has 3 aromatic rings. The van der Waals surface area contributed by atoms with E-state index in [2.05, 4.69) is 36.1 Å². The Bertz CT molecular complexity index is 1940. The summed E-state index contributed by atoms with van der Waals surface area (Å²) in [6, 6.07) is 6.01. The Morgan fingerprint density at radius 2 is 1.90 bits per heavy atom. The van der Waals surface area contributed by atoms with Crippen LogP contribution in [0, 0.1) is 30.0 Å². The zero-order valence-corrected chi connectivity index (χ0v) is 31.0. The summed E-state index contributed by atoms with van der Waals surface area (Å²) in [5.74, 6) is -2.43. The predicted octanol–water partition coefficient (Wildman–Crippen LogP) is 5.95. The SMILES string of the molecule is COc1c(C[C@H](CC(=O)C(NC(=O)c2c[nH]ccc2=O)c2ncc(C)cc2F)B2OC3C[C@@H]4C[C@@H](C4(C)C)[C@]3(C)O2)cccc1C(=O)OC(C)(C)C. The number of ketones is 1. The highest BCUT2D eigenvalue weighted by Gasteiger charge is 2.68. The monoisotopic (exact) mass is 715 g/mol. The molecule has 6 atom stereocenters. The van der Waals surface area contributed by atoms with Crippen molar-refractivity contribution in [1.29, 1.82) is 0 Å². The zero-order valence-electron chi connectivity index (χ0n) is 31.0. The highest BCUT2D eigenvalue weighted by atomic mass is 19.1. The van der Waals surface area contributed by atoms with Gasteiger partial charge < -0.3 is 29.1 Å². The number of carbonyl (C=O) groups is 3. The molecule has 13 heteroatoms. The number of Topliss-reactive ketones (excluding diaryl/α,β-unsaturated/α-hetero) is 1. The molecule has 7 rings (SSSR count). The van der Waals surface area contributed by atoms with Gasteiger partial charge in [0.2, 0.25) is 0 Å². The van der Waals surface area contributed by atoms with Crippen LogP contribution in [0.25, 0.3) is 0 Å². The first-order chi connectivity index (χ1) is 24.4. The lowest BCUT2D eigenvalue weighted by molar-refractivity contribution is -0.199. The normalized spacial score (nSPS) is 24.2. The first-order valence-electron chi connectivity index (χ1n) is 17.8. The fraction of sp³-hybridized carbons (Fsp3) is 0.513. The number of aromatic amines is 1. The maximum absolute atomic E-state index is 15.5. The van der Waals surface area contributed by atoms with Gasteiger partial charge in [-0.2, -0.15) is 0 Å². The molecule has 1 aliphatic heterocycles. The number of carbonyl (C=O) groups excluding carboxylic acids is 3. The topological polar surface area (TPSA) is 146 Å². The van der Waals surface area contributed by atoms with Gasteiger partial charge in [-0.1, -0.05) is 26.0 Å². The van der Waals surface area contributed by atoms with Gasteiger partial charge in [0.05, 0.1) is 18.8 Å². The number of H-pyrrole nitrogens is 1. The largest absolute Gasteiger partial charge is 0.496 e. The summed E-state index contributed by atoms with van der Waals surface area (Å²) in [4.78, 5) is 60.6. The Labute approximate surface area is 303 Å². The summed E-state index contributed by atoms with van der Waals surface area (Å²) in [5, 5.41) is 2.58. The molecule has 0 radical (unpaired) electrons. The number of aryl methyl sites for hydroxylation is 1. The molecular formula is C39H47BFN3O8. The Kier molecular flexibility index (Phi) is 9.99. The third kappa shape index (κ3) is 7.04. The third-order valence-corrected chi connectivity index (χ3v) is 11.2. The molecule has 276 valence electrons. The highest BCUT2D eigenvalue weighted by molar-refractivity contribution is 6.48. The van der Waals surface area contributed by atoms with Crippen molar-refractivity contribution >= 4 is 24.8 Å². The van der Waals surface area contributed by atoms with Crippen LogP contribution in [0.4, 0.5) is 4.39 Å². The number of hydrogen-bond donors (Lipinski definition) is 2. The van der Waals surface area contributed by atoms with Crippen LogP contribution in [-0.4, -0.2) is 59.2 Å². The lowest BCUT2D eigenvalue weighted by Gasteiger charge is -2.64. The average Bonchev–Trinajstić information content (AvgIpc) is 3.43. The highest BCUT2D eigenvalue weighted by Crippen LogP contribution is 2.66. The Morgan fingerprint density at radius 1 is 1.15 bits per heavy atom. The molecule has 0 spiro atoms. The van der Waals surface area contributed by atoms with Crippen LogP contribution >= 0.6 is 0 Å². The molecule has 3 saturated carbocycles. The number of nitrogens with one attached hydrogen (secondary N) is 2. The minimum absolute atomic E-state index is 0.0685. The minimum atomic E-state index is -1.55. The number of esters is 1. The molecule has 3 aliphatic carbocycles. The van der Waals surface area contributed by atoms with Crippen molar-refractivity contribution in [2.75, 3.05) is 7.11 Å². The second-order valence-corrected chi connectivity index (χ2v) is 16.2. The van der Waals surface area contributed by atoms with Crippen LogP contribution in [0.1, 0.15) is 104 Å². The molecule has 52 heavy (non-hydrogen) atoms. The number of pyridine rings is 2. The summed E-state index contributed by atoms with van der Waals surface area (Å²) in [6.07, 6.45) is 5.58. The van der Waals surface area contributed by atoms with Crippen molar-refractivity contribution in [1.82, 2.24) is 15.3 Å². The summed E-state index contributed by atoms with van der Waals surface area (Å²) >= 11 is 0. The molecule has 2 N–H and O–H groups in total. The fourth-order valence-electron chi connectivity index (χ4n) is 8.37. The third-order valence-electron chi connectivity index (χ3n) is 11.2. The minimum Gasteiger partial charge on any atom is -0.496 e. The number of para-hydroxylation sites is 1. The molecule has 4 fully saturated rings. The number of nitrogens with zero attached hydrogens (tertiary/aromatic N) is 1. The van der Waals surface area contributed by atoms with Crippen LogP contribution < -0.4 is 15.5 Å². The lowest BCUT2D eigenvalue weighted by Crippen LogP contribution is -2.65. The van der Waals surface area contributed by atoms with E-state index in [-0.39, 0.29) is 47.1 Å². The van der Waals surface area contributed by atoms with Crippen molar-refractivity contribution in [3.63, 3.8) is 0 Å². The molecule has 2 unspecified atom stereocenters. The predicted molar refractivity (Wildman–Crippen MR) is 192 cm³/mol. The van der Waals surface area contributed by atoms with E-state index in [4.69, 9.17) is 18.8 Å². The first kappa shape index (κ1) is 37.4. The molecule has 1 amide bonds. The van der Waals surface area contributed by atoms with E-state index in [1.165, 1.54) is 37.8 Å². The smallest absolute Gasteiger partial charge is 0.461 e. The number of amides is 1. The van der Waals surface area contributed by atoms with Gasteiger partial charge in [-0.25, -0.2) is 9.18 Å². The van der Waals surface area contributed by atoms with Crippen LogP contribution in [0.3, 0.4) is 0 Å². The van der Waals surface area contributed by atoms with Gasteiger partial charge in [0, 0.05) is 36.9 Å². The van der Waals surface area contributed by atoms with Crippen molar-refractivity contribution in [3.8, 4) is 5.75 Å². The Hall–Kier alpha value is -4.36. The van der Waals surface area contributed by atoms with E-state index in [9.17, 15) is 19.2 Å². The van der Waals surface area contributed by atoms with Crippen molar-refractivity contribution in [3.05, 3.63) is 92.9 Å². The number of aromatic nitrogens is 2. The number of methoxy groups -OCH3 is 1. The van der Waals surface area contributed by atoms with E-state index in [1.807, 2.05) is 0 Å². The van der Waals surface area contributed by atoms with Gasteiger partial charge >= 0.3 is 13.1 Å². The number of halogens is 1. The van der Waals surface area contributed by atoms with E-state index in [0.29, 0.717) is 22.8 Å². The van der Waals surface area contributed by atoms with Crippen molar-refractivity contribution < 1.29 is 37.6 Å². The van der Waals surface area contributed by atoms with Gasteiger partial charge in [0.1, 0.15) is 40.0 Å². The van der Waals surface area contributed by atoms with Gasteiger partial charge in [-0.05, 0) is 94.4 Å². The van der Waals surface area contributed by atoms with Gasteiger partial charge in [-0.15, -0.1) is 0 Å². The summed E-state index contributed by atoms with van der Waals surface area (Å²) in [5.41, 5.74) is -1.01. The number of hydrogen-bond acceptors (Lipinski definition) is 9. The van der Waals surface area contributed by atoms with Crippen LogP contribution in [-0.2, 0) is 25.3 Å². The summed E-state index contributed by atoms with van der Waals surface area (Å²) < 4.78 is 40.5. The number of ether oxygens (including phenoxy) is 2. The number of benzene rings is 1. The van der Waals surface area contributed by atoms with Gasteiger partial charge in [0.25, 0.3) is 5.91 Å². The second-order valence-electron chi connectivity index (χ2n) is 16.2. The zero-order chi connectivity index (χ0) is 37.7. The van der Waals surface area contributed by atoms with Crippen LogP contribution in [0.15, 0.2) is 53.7 Å². The summed E-state index contributed by atoms with van der Waals surface area (Å²) in [6.45, 7) is 13.6. The standard InChI is InChI=1S/C39H47BFN3O8/c1-21-14-27(41)32(43-19-21)33(44-35(47)26-20-42-13-12-28(26)45)29(46)18-24(40-51-31-17-23-16-30(38(23,5)6)39(31,7)52-40)15-22-10-9-11-25(34(22)49-8)36(48)50-37(2,3)4/h9-14,19-20,23-24,30-31,33H,15-18H2,1-8H3,(H,42,45)(H,44,47)/t23-,24+,30-,31?,33?,39-/m0/s1. The summed E-state index contributed by atoms with van der Waals surface area (Å²) in [7, 11) is 0.608. The number of rotatable bonds is 11. The maximum atomic E-state index is 15.5. The van der Waals surface area contributed by atoms with E-state index >= 15 is 4.39 Å². The maximum Gasteiger partial charge on any atom is 0.461 e. The molecule has 4 aliphatic rings. The quantitative estimate of drug-likeness (QED) is 0.182. The molecule has 1 aromatic carbocycles. The Balaban J connectivity index is 1.37. The van der Waals surface area contributed by atoms with Crippen LogP contribution in [0.2, 0.25) is 5.82 Å². The Morgan fingerprint density at radius 3 is 2.56 bits per heavy atom. The fourth-order valence-corrected chi connectivity index (χ4v) is 8.37. The van der Waals surface area contributed by atoms with E-state index < -0.39 is 59.1 Å². The molecule has 11 nitrogen and oxygen atoms in total. The molecule has 2 bridgehead atoms. The van der Waals surface area contributed by atoms with E-state index in [1.54, 1.807) is 45.9 Å². The first-order valence-corrected chi connectivity index (χ1v) is 17.8. The molecule has 1 saturated heterocycles. The van der Waals surface area contributed by atoms with E-state index in [0.717, 1.165) is 12.8 Å². The molecule has 2 aromatic heterocycles. The second kappa shape index (κ2) is 13.9. The van der Waals surface area contributed by atoms with Gasteiger partial charge in [0.15, 0.2) is 11.2 Å². The molecule has 3 heterocycles. The van der Waals surface area contributed by atoms with Crippen molar-refractivity contribution in [2.45, 2.75) is 103 Å².